The molecule has 1 rings (SSSR count). The van der Waals surface area contributed by atoms with E-state index in [2.05, 4.69) is 50.3 Å². The second kappa shape index (κ2) is 30.3. The molecule has 0 radical (unpaired) electrons. The molecule has 0 heterocycles. The molecule has 6 N–H and O–H groups in total. The van der Waals surface area contributed by atoms with Crippen LogP contribution in [0.15, 0.2) is 36.5 Å². The van der Waals surface area contributed by atoms with Crippen molar-refractivity contribution in [1.29, 1.82) is 0 Å². The van der Waals surface area contributed by atoms with E-state index in [0.717, 1.165) is 70.6 Å². The molecule has 1 aliphatic rings. The summed E-state index contributed by atoms with van der Waals surface area (Å²) in [5, 5.41) is 49.9. The number of carbonyl (C=O) groups excluding carboxylic acids is 2. The third kappa shape index (κ3) is 23.6. The van der Waals surface area contributed by atoms with E-state index in [9.17, 15) is 44.6 Å². The molecule has 1 aliphatic carbocycles. The van der Waals surface area contributed by atoms with Crippen LogP contribution < -0.4 is 0 Å². The lowest BCUT2D eigenvalue weighted by Gasteiger charge is -2.41. The van der Waals surface area contributed by atoms with Crippen molar-refractivity contribution in [1.82, 2.24) is 0 Å². The lowest BCUT2D eigenvalue weighted by Crippen LogP contribution is -2.64. The van der Waals surface area contributed by atoms with Crippen LogP contribution in [0.1, 0.15) is 142 Å². The van der Waals surface area contributed by atoms with Crippen LogP contribution in [0.25, 0.3) is 0 Å². The van der Waals surface area contributed by atoms with Gasteiger partial charge in [0.25, 0.3) is 0 Å². The van der Waals surface area contributed by atoms with E-state index in [1.807, 2.05) is 0 Å². The van der Waals surface area contributed by atoms with Crippen molar-refractivity contribution in [3.63, 3.8) is 0 Å². The van der Waals surface area contributed by atoms with Gasteiger partial charge >= 0.3 is 19.8 Å². The van der Waals surface area contributed by atoms with Gasteiger partial charge in [0.1, 0.15) is 43.2 Å². The lowest BCUT2D eigenvalue weighted by atomic mass is 9.85. The first kappa shape index (κ1) is 49.1. The monoisotopic (exact) mass is 776 g/mol. The fraction of sp³-hybridized carbons (Fsp3) is 0.795. The Hall–Kier alpha value is -1.93. The van der Waals surface area contributed by atoms with Crippen LogP contribution in [0.5, 0.6) is 0 Å². The molecule has 1 fully saturated rings. The fourth-order valence-corrected chi connectivity index (χ4v) is 6.74. The lowest BCUT2D eigenvalue weighted by molar-refractivity contribution is -0.220. The van der Waals surface area contributed by atoms with Crippen LogP contribution in [0.3, 0.4) is 0 Å². The van der Waals surface area contributed by atoms with Crippen molar-refractivity contribution in [3.8, 4) is 0 Å². The van der Waals surface area contributed by atoms with Gasteiger partial charge in [-0.05, 0) is 44.9 Å². The maximum atomic E-state index is 12.7. The predicted octanol–water partition coefficient (Wildman–Crippen LogP) is 6.27. The predicted molar refractivity (Wildman–Crippen MR) is 203 cm³/mol. The van der Waals surface area contributed by atoms with Crippen molar-refractivity contribution in [3.05, 3.63) is 36.5 Å². The number of allylic oxidation sites excluding steroid dienone is 6. The summed E-state index contributed by atoms with van der Waals surface area (Å²) in [6.45, 7) is 3.11. The van der Waals surface area contributed by atoms with E-state index in [1.54, 1.807) is 0 Å². The van der Waals surface area contributed by atoms with Gasteiger partial charge in [-0.2, -0.15) is 0 Å². The summed E-state index contributed by atoms with van der Waals surface area (Å²) in [5.41, 5.74) is 0. The molecule has 0 aromatic heterocycles. The second-order valence-corrected chi connectivity index (χ2v) is 15.2. The van der Waals surface area contributed by atoms with Gasteiger partial charge < -0.3 is 39.9 Å². The van der Waals surface area contributed by atoms with Gasteiger partial charge in [-0.3, -0.25) is 18.6 Å². The Labute approximate surface area is 317 Å². The number of rotatable bonds is 31. The second-order valence-electron chi connectivity index (χ2n) is 13.8. The molecule has 0 saturated heterocycles. The number of esters is 2. The third-order valence-electron chi connectivity index (χ3n) is 9.00. The first-order chi connectivity index (χ1) is 25.4. The highest BCUT2D eigenvalue weighted by Crippen LogP contribution is 2.47. The zero-order valence-corrected chi connectivity index (χ0v) is 32.9. The summed E-state index contributed by atoms with van der Waals surface area (Å²) in [6, 6.07) is 0. The number of carbonyl (C=O) groups is 2. The average Bonchev–Trinajstić information content (AvgIpc) is 3.13. The summed E-state index contributed by atoms with van der Waals surface area (Å²) < 4.78 is 33.3. The maximum Gasteiger partial charge on any atom is 0.472 e. The quantitative estimate of drug-likeness (QED) is 0.0199. The first-order valence-corrected chi connectivity index (χ1v) is 21.3. The van der Waals surface area contributed by atoms with Gasteiger partial charge in [-0.1, -0.05) is 121 Å². The van der Waals surface area contributed by atoms with Gasteiger partial charge in [0, 0.05) is 12.8 Å². The SMILES string of the molecule is CC/C=C/C/C=C/C/C=C/CCCCCCCC(=O)O[C@H](COC(=O)CCCCCCCCCCC)COP(=O)(O)OC1C(O)C(O)C(O)[C@H](O)C1O. The van der Waals surface area contributed by atoms with Crippen LogP contribution in [-0.2, 0) is 32.7 Å². The van der Waals surface area contributed by atoms with E-state index >= 15 is 0 Å². The molecule has 8 atom stereocenters. The number of hydrogen-bond donors (Lipinski definition) is 6. The van der Waals surface area contributed by atoms with Gasteiger partial charge in [-0.25, -0.2) is 4.57 Å². The smallest absolute Gasteiger partial charge is 0.462 e. The summed E-state index contributed by atoms with van der Waals surface area (Å²) in [5.74, 6) is -1.12. The van der Waals surface area contributed by atoms with Crippen molar-refractivity contribution in [2.75, 3.05) is 13.2 Å². The largest absolute Gasteiger partial charge is 0.472 e. The van der Waals surface area contributed by atoms with Crippen LogP contribution in [0, 0.1) is 0 Å². The average molecular weight is 777 g/mol. The zero-order valence-electron chi connectivity index (χ0n) is 32.1. The Morgan fingerprint density at radius 1 is 0.604 bits per heavy atom. The molecule has 0 aromatic carbocycles. The van der Waals surface area contributed by atoms with Crippen molar-refractivity contribution in [2.24, 2.45) is 0 Å². The number of aliphatic hydroxyl groups excluding tert-OH is 5. The molecule has 308 valence electrons. The number of phosphoric acid groups is 1. The molecule has 0 bridgehead atoms. The summed E-state index contributed by atoms with van der Waals surface area (Å²) in [6.07, 6.45) is 18.0. The normalized spacial score (nSPS) is 23.8. The Morgan fingerprint density at radius 2 is 1.08 bits per heavy atom. The molecule has 0 amide bonds. The van der Waals surface area contributed by atoms with Crippen LogP contribution >= 0.6 is 7.82 Å². The van der Waals surface area contributed by atoms with Gasteiger partial charge in [0.15, 0.2) is 6.10 Å². The number of ether oxygens (including phenoxy) is 2. The standard InChI is InChI=1S/C39H69O13P/c1-3-5-7-9-11-13-14-15-16-17-18-20-22-24-26-28-33(41)51-31(29-49-32(40)27-25-23-21-19-12-10-8-6-4-2)30-50-53(47,48)52-39-37(45)35(43)34(42)36(44)38(39)46/h5,7,11,13,15-16,31,34-39,42-46H,3-4,6,8-10,12,14,17-30H2,1-2H3,(H,47,48)/b7-5+,13-11+,16-15+/t31-,34?,35+,36?,37?,38?,39?/m1/s1. The van der Waals surface area contributed by atoms with Crippen LogP contribution in [0.4, 0.5) is 0 Å². The van der Waals surface area contributed by atoms with Crippen molar-refractivity contribution in [2.45, 2.75) is 185 Å². The Bertz CT molecular complexity index is 1080. The van der Waals surface area contributed by atoms with Crippen molar-refractivity contribution < 1.29 is 63.1 Å². The van der Waals surface area contributed by atoms with Gasteiger partial charge in [0.05, 0.1) is 6.61 Å². The molecular formula is C39H69O13P. The molecule has 1 saturated carbocycles. The third-order valence-corrected chi connectivity index (χ3v) is 9.98. The number of aliphatic hydroxyl groups is 5. The molecule has 0 spiro atoms. The molecule has 13 nitrogen and oxygen atoms in total. The summed E-state index contributed by atoms with van der Waals surface area (Å²) in [4.78, 5) is 35.4. The number of phosphoric ester groups is 1. The summed E-state index contributed by atoms with van der Waals surface area (Å²) >= 11 is 0. The topological polar surface area (TPSA) is 210 Å². The highest BCUT2D eigenvalue weighted by molar-refractivity contribution is 7.47. The molecule has 14 heteroatoms. The molecule has 53 heavy (non-hydrogen) atoms. The van der Waals surface area contributed by atoms with E-state index < -0.39 is 75.7 Å². The van der Waals surface area contributed by atoms with E-state index in [-0.39, 0.29) is 12.8 Å². The Kier molecular flexibility index (Phi) is 28.1. The highest BCUT2D eigenvalue weighted by atomic mass is 31.2. The first-order valence-electron chi connectivity index (χ1n) is 19.8. The Balaban J connectivity index is 2.54. The minimum atomic E-state index is -5.11. The summed E-state index contributed by atoms with van der Waals surface area (Å²) in [7, 11) is -5.11. The van der Waals surface area contributed by atoms with Crippen LogP contribution in [0.2, 0.25) is 0 Å². The molecule has 6 unspecified atom stereocenters. The van der Waals surface area contributed by atoms with E-state index in [0.29, 0.717) is 12.8 Å². The molecule has 0 aliphatic heterocycles. The van der Waals surface area contributed by atoms with E-state index in [1.165, 1.54) is 32.1 Å². The fourth-order valence-electron chi connectivity index (χ4n) is 5.77. The van der Waals surface area contributed by atoms with Crippen LogP contribution in [-0.4, -0.2) is 98.3 Å². The Morgan fingerprint density at radius 3 is 1.64 bits per heavy atom. The molecule has 0 aromatic rings. The number of unbranched alkanes of at least 4 members (excludes halogenated alkanes) is 13. The molecular weight excluding hydrogens is 707 g/mol. The number of hydrogen-bond acceptors (Lipinski definition) is 12. The zero-order chi connectivity index (χ0) is 39.3. The van der Waals surface area contributed by atoms with Gasteiger partial charge in [0.2, 0.25) is 0 Å². The highest BCUT2D eigenvalue weighted by Gasteiger charge is 2.51. The van der Waals surface area contributed by atoms with Crippen molar-refractivity contribution >= 4 is 19.8 Å². The maximum absolute atomic E-state index is 12.7. The minimum absolute atomic E-state index is 0.0778. The van der Waals surface area contributed by atoms with E-state index in [4.69, 9.17) is 18.5 Å². The van der Waals surface area contributed by atoms with Gasteiger partial charge in [-0.15, -0.1) is 0 Å². The minimum Gasteiger partial charge on any atom is -0.462 e.